The maximum absolute atomic E-state index is 13.4. The molecule has 0 aromatic heterocycles. The Labute approximate surface area is 159 Å². The lowest BCUT2D eigenvalue weighted by atomic mass is 10.0. The Balaban J connectivity index is 1.61. The number of methoxy groups -OCH3 is 2. The molecule has 1 aliphatic rings. The summed E-state index contributed by atoms with van der Waals surface area (Å²) in [6.07, 6.45) is 2.80. The van der Waals surface area contributed by atoms with Crippen molar-refractivity contribution >= 4 is 11.6 Å². The molecule has 0 aliphatic carbocycles. The van der Waals surface area contributed by atoms with E-state index >= 15 is 0 Å². The maximum atomic E-state index is 13.4. The molecule has 27 heavy (non-hydrogen) atoms. The van der Waals surface area contributed by atoms with Crippen molar-refractivity contribution in [2.24, 2.45) is 0 Å². The first-order valence-electron chi connectivity index (χ1n) is 9.09. The second-order valence-electron chi connectivity index (χ2n) is 6.75. The first-order chi connectivity index (χ1) is 13.1. The summed E-state index contributed by atoms with van der Waals surface area (Å²) in [6.45, 7) is 1.17. The second kappa shape index (κ2) is 8.86. The van der Waals surface area contributed by atoms with Gasteiger partial charge in [-0.05, 0) is 43.5 Å². The maximum Gasteiger partial charge on any atom is 0.238 e. The number of hydrogen-bond acceptors (Lipinski definition) is 4. The minimum Gasteiger partial charge on any atom is -0.497 e. The number of likely N-dealkylation sites (tertiary alicyclic amines) is 1. The van der Waals surface area contributed by atoms with E-state index in [4.69, 9.17) is 9.47 Å². The number of carbonyl (C=O) groups is 1. The molecule has 0 bridgehead atoms. The van der Waals surface area contributed by atoms with Crippen LogP contribution >= 0.6 is 0 Å². The molecule has 1 saturated heterocycles. The van der Waals surface area contributed by atoms with Crippen LogP contribution in [-0.2, 0) is 11.2 Å². The van der Waals surface area contributed by atoms with Crippen LogP contribution in [0.2, 0.25) is 0 Å². The number of rotatable bonds is 7. The van der Waals surface area contributed by atoms with Crippen molar-refractivity contribution in [2.45, 2.75) is 25.3 Å². The number of nitrogens with zero attached hydrogens (tertiary/aromatic N) is 1. The molecule has 6 heteroatoms. The van der Waals surface area contributed by atoms with Gasteiger partial charge in [-0.15, -0.1) is 0 Å². The zero-order valence-corrected chi connectivity index (χ0v) is 15.7. The van der Waals surface area contributed by atoms with Crippen molar-refractivity contribution in [1.82, 2.24) is 4.90 Å². The van der Waals surface area contributed by atoms with Crippen molar-refractivity contribution in [3.8, 4) is 11.5 Å². The predicted molar refractivity (Wildman–Crippen MR) is 103 cm³/mol. The monoisotopic (exact) mass is 372 g/mol. The lowest BCUT2D eigenvalue weighted by Gasteiger charge is -2.24. The third-order valence-corrected chi connectivity index (χ3v) is 4.84. The van der Waals surface area contributed by atoms with Crippen LogP contribution < -0.4 is 14.8 Å². The van der Waals surface area contributed by atoms with Crippen LogP contribution in [0.1, 0.15) is 18.4 Å². The Kier molecular flexibility index (Phi) is 6.29. The van der Waals surface area contributed by atoms with E-state index in [9.17, 15) is 9.18 Å². The van der Waals surface area contributed by atoms with Gasteiger partial charge in [-0.25, -0.2) is 4.39 Å². The van der Waals surface area contributed by atoms with Crippen molar-refractivity contribution in [2.75, 3.05) is 32.6 Å². The highest BCUT2D eigenvalue weighted by molar-refractivity contribution is 5.92. The van der Waals surface area contributed by atoms with E-state index in [1.807, 2.05) is 6.07 Å². The summed E-state index contributed by atoms with van der Waals surface area (Å²) < 4.78 is 23.9. The molecule has 2 aromatic carbocycles. The summed E-state index contributed by atoms with van der Waals surface area (Å²) in [5.41, 5.74) is 1.60. The molecular formula is C21H25FN2O3. The molecule has 2 aromatic rings. The zero-order valence-electron chi connectivity index (χ0n) is 15.7. The third kappa shape index (κ3) is 5.20. The van der Waals surface area contributed by atoms with Crippen molar-refractivity contribution < 1.29 is 18.7 Å². The molecule has 1 aliphatic heterocycles. The highest BCUT2D eigenvalue weighted by Crippen LogP contribution is 2.26. The summed E-state index contributed by atoms with van der Waals surface area (Å²) in [7, 11) is 3.14. The number of nitrogens with one attached hydrogen (secondary N) is 1. The summed E-state index contributed by atoms with van der Waals surface area (Å²) in [6, 6.07) is 12.2. The Hall–Kier alpha value is -2.60. The summed E-state index contributed by atoms with van der Waals surface area (Å²) >= 11 is 0. The van der Waals surface area contributed by atoms with Gasteiger partial charge in [0.25, 0.3) is 0 Å². The number of carbonyl (C=O) groups excluding carboxylic acids is 1. The van der Waals surface area contributed by atoms with Crippen LogP contribution in [0.4, 0.5) is 10.1 Å². The molecule has 0 radical (unpaired) electrons. The van der Waals surface area contributed by atoms with Crippen LogP contribution in [0.3, 0.4) is 0 Å². The Morgan fingerprint density at radius 3 is 2.59 bits per heavy atom. The highest BCUT2D eigenvalue weighted by Gasteiger charge is 2.26. The first kappa shape index (κ1) is 19.2. The van der Waals surface area contributed by atoms with Crippen LogP contribution in [-0.4, -0.2) is 44.2 Å². The van der Waals surface area contributed by atoms with Crippen LogP contribution in [0, 0.1) is 5.82 Å². The Morgan fingerprint density at radius 1 is 1.19 bits per heavy atom. The van der Waals surface area contributed by atoms with Gasteiger partial charge in [0.05, 0.1) is 20.8 Å². The minimum absolute atomic E-state index is 0.0866. The SMILES string of the molecule is COc1cc(NC(=O)CN2CCCC2Cc2cccc(F)c2)cc(OC)c1. The molecule has 1 fully saturated rings. The first-order valence-corrected chi connectivity index (χ1v) is 9.09. The molecule has 0 spiro atoms. The molecule has 144 valence electrons. The molecule has 3 rings (SSSR count). The summed E-state index contributed by atoms with van der Waals surface area (Å²) in [5, 5.41) is 2.91. The van der Waals surface area contributed by atoms with Gasteiger partial charge >= 0.3 is 0 Å². The quantitative estimate of drug-likeness (QED) is 0.808. The average molecular weight is 372 g/mol. The fraction of sp³-hybridized carbons (Fsp3) is 0.381. The van der Waals surface area contributed by atoms with Gasteiger partial charge in [0.1, 0.15) is 17.3 Å². The largest absolute Gasteiger partial charge is 0.497 e. The molecule has 0 saturated carbocycles. The van der Waals surface area contributed by atoms with E-state index in [0.717, 1.165) is 31.4 Å². The van der Waals surface area contributed by atoms with E-state index in [0.29, 0.717) is 23.7 Å². The molecule has 1 atom stereocenters. The van der Waals surface area contributed by atoms with Crippen molar-refractivity contribution in [1.29, 1.82) is 0 Å². The summed E-state index contributed by atoms with van der Waals surface area (Å²) in [4.78, 5) is 14.7. The van der Waals surface area contributed by atoms with Crippen molar-refractivity contribution in [3.05, 3.63) is 53.8 Å². The molecule has 1 amide bonds. The van der Waals surface area contributed by atoms with Crippen LogP contribution in [0.5, 0.6) is 11.5 Å². The average Bonchev–Trinajstić information content (AvgIpc) is 3.07. The topological polar surface area (TPSA) is 50.8 Å². The third-order valence-electron chi connectivity index (χ3n) is 4.84. The van der Waals surface area contributed by atoms with E-state index in [1.54, 1.807) is 44.6 Å². The van der Waals surface area contributed by atoms with E-state index in [-0.39, 0.29) is 17.8 Å². The van der Waals surface area contributed by atoms with Gasteiger partial charge in [0, 0.05) is 29.9 Å². The number of amides is 1. The number of benzene rings is 2. The fourth-order valence-corrected chi connectivity index (χ4v) is 3.54. The van der Waals surface area contributed by atoms with Crippen molar-refractivity contribution in [3.63, 3.8) is 0 Å². The Morgan fingerprint density at radius 2 is 1.93 bits per heavy atom. The molecule has 5 nitrogen and oxygen atoms in total. The van der Waals surface area contributed by atoms with E-state index < -0.39 is 0 Å². The van der Waals surface area contributed by atoms with Gasteiger partial charge in [0.2, 0.25) is 5.91 Å². The minimum atomic E-state index is -0.221. The number of anilines is 1. The number of ether oxygens (including phenoxy) is 2. The van der Waals surface area contributed by atoms with E-state index in [2.05, 4.69) is 10.2 Å². The van der Waals surface area contributed by atoms with E-state index in [1.165, 1.54) is 6.07 Å². The summed E-state index contributed by atoms with van der Waals surface area (Å²) in [5.74, 6) is 0.933. The second-order valence-corrected chi connectivity index (χ2v) is 6.75. The molecule has 1 heterocycles. The molecule has 1 N–H and O–H groups in total. The lowest BCUT2D eigenvalue weighted by Crippen LogP contribution is -2.37. The van der Waals surface area contributed by atoms with Crippen LogP contribution in [0.15, 0.2) is 42.5 Å². The highest BCUT2D eigenvalue weighted by atomic mass is 19.1. The lowest BCUT2D eigenvalue weighted by molar-refractivity contribution is -0.117. The van der Waals surface area contributed by atoms with Crippen LogP contribution in [0.25, 0.3) is 0 Å². The smallest absolute Gasteiger partial charge is 0.238 e. The predicted octanol–water partition coefficient (Wildman–Crippen LogP) is 3.49. The van der Waals surface area contributed by atoms with Gasteiger partial charge in [-0.3, -0.25) is 9.69 Å². The molecule has 1 unspecified atom stereocenters. The van der Waals surface area contributed by atoms with Gasteiger partial charge < -0.3 is 14.8 Å². The standard InChI is InChI=1S/C21H25FN2O3/c1-26-19-11-17(12-20(13-19)27-2)23-21(25)14-24-8-4-7-18(24)10-15-5-3-6-16(22)9-15/h3,5-6,9,11-13,18H,4,7-8,10,14H2,1-2H3,(H,23,25). The number of halogens is 1. The van der Waals surface area contributed by atoms with Gasteiger partial charge in [0.15, 0.2) is 0 Å². The normalized spacial score (nSPS) is 16.9. The zero-order chi connectivity index (χ0) is 19.2. The Bertz CT molecular complexity index is 774. The van der Waals surface area contributed by atoms with Gasteiger partial charge in [-0.2, -0.15) is 0 Å². The fourth-order valence-electron chi connectivity index (χ4n) is 3.54. The molecular weight excluding hydrogens is 347 g/mol. The number of hydrogen-bond donors (Lipinski definition) is 1. The van der Waals surface area contributed by atoms with Gasteiger partial charge in [-0.1, -0.05) is 12.1 Å².